The third kappa shape index (κ3) is 1.89. The quantitative estimate of drug-likeness (QED) is 0.773. The summed E-state index contributed by atoms with van der Waals surface area (Å²) in [5.74, 6) is -0.844. The molecule has 0 saturated heterocycles. The Morgan fingerprint density at radius 1 is 1.45 bits per heavy atom. The molecule has 0 spiro atoms. The van der Waals surface area contributed by atoms with E-state index in [1.54, 1.807) is 25.4 Å². The number of nitrogens with zero attached hydrogens (tertiary/aromatic N) is 3. The van der Waals surface area contributed by atoms with Gasteiger partial charge in [-0.1, -0.05) is 0 Å². The fraction of sp³-hybridized carbons (Fsp3) is 0.154. The Bertz CT molecular complexity index is 856. The van der Waals surface area contributed by atoms with E-state index in [1.165, 1.54) is 21.4 Å². The Morgan fingerprint density at radius 2 is 2.25 bits per heavy atom. The van der Waals surface area contributed by atoms with E-state index in [9.17, 15) is 9.59 Å². The molecule has 1 N–H and O–H groups in total. The van der Waals surface area contributed by atoms with Crippen molar-refractivity contribution in [3.05, 3.63) is 58.2 Å². The predicted octanol–water partition coefficient (Wildman–Crippen LogP) is 1.14. The van der Waals surface area contributed by atoms with Crippen molar-refractivity contribution < 1.29 is 14.3 Å². The maximum Gasteiger partial charge on any atom is 0.339 e. The monoisotopic (exact) mass is 273 g/mol. The summed E-state index contributed by atoms with van der Waals surface area (Å²) in [6.07, 6.45) is 4.49. The Morgan fingerprint density at radius 3 is 3.00 bits per heavy atom. The zero-order chi connectivity index (χ0) is 14.3. The van der Waals surface area contributed by atoms with Gasteiger partial charge in [-0.15, -0.1) is 0 Å². The second-order valence-electron chi connectivity index (χ2n) is 4.41. The van der Waals surface area contributed by atoms with Crippen LogP contribution in [0.1, 0.15) is 21.8 Å². The summed E-state index contributed by atoms with van der Waals surface area (Å²) in [5.41, 5.74) is 0.986. The molecule has 7 nitrogen and oxygen atoms in total. The molecule has 0 atom stereocenters. The summed E-state index contributed by atoms with van der Waals surface area (Å²) >= 11 is 0. The van der Waals surface area contributed by atoms with Crippen LogP contribution in [0.5, 0.6) is 0 Å². The summed E-state index contributed by atoms with van der Waals surface area (Å²) in [5, 5.41) is 13.2. The minimum Gasteiger partial charge on any atom is -0.478 e. The molecule has 0 aliphatic carbocycles. The number of fused-ring (bicyclic) bond motifs is 1. The fourth-order valence-electron chi connectivity index (χ4n) is 2.08. The summed E-state index contributed by atoms with van der Waals surface area (Å²) in [6.45, 7) is 1.86. The molecule has 7 heteroatoms. The van der Waals surface area contributed by atoms with Crippen molar-refractivity contribution in [1.29, 1.82) is 0 Å². The van der Waals surface area contributed by atoms with Crippen LogP contribution in [0.2, 0.25) is 0 Å². The zero-order valence-corrected chi connectivity index (χ0v) is 10.6. The van der Waals surface area contributed by atoms with E-state index in [0.29, 0.717) is 5.52 Å². The Hall–Kier alpha value is -2.83. The van der Waals surface area contributed by atoms with Gasteiger partial charge in [-0.05, 0) is 19.1 Å². The number of carboxylic acids is 1. The first-order chi connectivity index (χ1) is 9.56. The molecule has 0 unspecified atom stereocenters. The maximum absolute atomic E-state index is 12.3. The highest BCUT2D eigenvalue weighted by molar-refractivity contribution is 5.88. The lowest BCUT2D eigenvalue weighted by Gasteiger charge is -2.04. The van der Waals surface area contributed by atoms with Gasteiger partial charge in [-0.25, -0.2) is 9.31 Å². The van der Waals surface area contributed by atoms with E-state index >= 15 is 0 Å². The molecule has 102 valence electrons. The molecule has 0 saturated carbocycles. The van der Waals surface area contributed by atoms with Gasteiger partial charge in [0.15, 0.2) is 0 Å². The smallest absolute Gasteiger partial charge is 0.339 e. The highest BCUT2D eigenvalue weighted by Gasteiger charge is 2.15. The summed E-state index contributed by atoms with van der Waals surface area (Å²) in [6, 6.07) is 3.04. The van der Waals surface area contributed by atoms with Gasteiger partial charge in [-0.2, -0.15) is 5.10 Å². The molecule has 3 aromatic heterocycles. The average molecular weight is 273 g/mol. The lowest BCUT2D eigenvalue weighted by atomic mass is 10.2. The number of furan rings is 1. The van der Waals surface area contributed by atoms with Crippen LogP contribution in [-0.4, -0.2) is 25.3 Å². The molecule has 0 aromatic carbocycles. The second-order valence-corrected chi connectivity index (χ2v) is 4.41. The van der Waals surface area contributed by atoms with Crippen molar-refractivity contribution in [2.24, 2.45) is 0 Å². The van der Waals surface area contributed by atoms with Crippen molar-refractivity contribution in [3.8, 4) is 0 Å². The Labute approximate surface area is 112 Å². The lowest BCUT2D eigenvalue weighted by molar-refractivity contribution is 0.0694. The van der Waals surface area contributed by atoms with E-state index in [2.05, 4.69) is 5.10 Å². The normalized spacial score (nSPS) is 11.1. The Kier molecular flexibility index (Phi) is 2.67. The number of rotatable bonds is 3. The topological polar surface area (TPSA) is 89.7 Å². The van der Waals surface area contributed by atoms with Gasteiger partial charge in [-0.3, -0.25) is 4.79 Å². The standard InChI is InChI=1S/C13H11N3O4/c1-8-6-10-12(17)15(3-4-16(10)14-8)7-11-9(13(18)19)2-5-20-11/h2-6H,7H2,1H3,(H,18,19). The van der Waals surface area contributed by atoms with E-state index < -0.39 is 5.97 Å². The minimum absolute atomic E-state index is 0.0569. The molecule has 0 bridgehead atoms. The van der Waals surface area contributed by atoms with Crippen molar-refractivity contribution in [2.75, 3.05) is 0 Å². The largest absolute Gasteiger partial charge is 0.478 e. The minimum atomic E-state index is -1.08. The molecule has 0 fully saturated rings. The van der Waals surface area contributed by atoms with Crippen LogP contribution in [0.15, 0.2) is 40.0 Å². The molecule has 3 aromatic rings. The number of hydrogen-bond donors (Lipinski definition) is 1. The third-order valence-corrected chi connectivity index (χ3v) is 3.02. The van der Waals surface area contributed by atoms with Gasteiger partial charge in [0.1, 0.15) is 16.8 Å². The van der Waals surface area contributed by atoms with Crippen LogP contribution in [-0.2, 0) is 6.54 Å². The molecule has 0 amide bonds. The summed E-state index contributed by atoms with van der Waals surface area (Å²) in [4.78, 5) is 23.3. The maximum atomic E-state index is 12.3. The third-order valence-electron chi connectivity index (χ3n) is 3.02. The van der Waals surface area contributed by atoms with E-state index in [4.69, 9.17) is 9.52 Å². The molecule has 0 radical (unpaired) electrons. The molecule has 3 heterocycles. The van der Waals surface area contributed by atoms with Crippen LogP contribution >= 0.6 is 0 Å². The van der Waals surface area contributed by atoms with Crippen LogP contribution in [0.4, 0.5) is 0 Å². The fourth-order valence-corrected chi connectivity index (χ4v) is 2.08. The predicted molar refractivity (Wildman–Crippen MR) is 69.0 cm³/mol. The molecule has 3 rings (SSSR count). The first kappa shape index (κ1) is 12.2. The molecular formula is C13H11N3O4. The highest BCUT2D eigenvalue weighted by atomic mass is 16.4. The molecule has 0 aliphatic heterocycles. The van der Waals surface area contributed by atoms with Gasteiger partial charge >= 0.3 is 5.97 Å². The van der Waals surface area contributed by atoms with E-state index in [1.807, 2.05) is 0 Å². The number of carboxylic acid groups (broad SMARTS) is 1. The van der Waals surface area contributed by atoms with Crippen molar-refractivity contribution in [3.63, 3.8) is 0 Å². The number of aromatic carboxylic acids is 1. The van der Waals surface area contributed by atoms with E-state index in [0.717, 1.165) is 5.69 Å². The Balaban J connectivity index is 2.07. The SMILES string of the molecule is Cc1cc2c(=O)n(Cc3occc3C(=O)O)ccn2n1. The van der Waals surface area contributed by atoms with Gasteiger partial charge in [0.2, 0.25) is 0 Å². The highest BCUT2D eigenvalue weighted by Crippen LogP contribution is 2.12. The lowest BCUT2D eigenvalue weighted by Crippen LogP contribution is -2.22. The van der Waals surface area contributed by atoms with Gasteiger partial charge in [0.25, 0.3) is 5.56 Å². The van der Waals surface area contributed by atoms with Gasteiger partial charge < -0.3 is 14.1 Å². The van der Waals surface area contributed by atoms with Crippen LogP contribution in [0.3, 0.4) is 0 Å². The van der Waals surface area contributed by atoms with Gasteiger partial charge in [0.05, 0.1) is 18.5 Å². The van der Waals surface area contributed by atoms with Crippen molar-refractivity contribution in [1.82, 2.24) is 14.2 Å². The van der Waals surface area contributed by atoms with Crippen molar-refractivity contribution in [2.45, 2.75) is 13.5 Å². The van der Waals surface area contributed by atoms with Crippen LogP contribution in [0.25, 0.3) is 5.52 Å². The zero-order valence-electron chi connectivity index (χ0n) is 10.6. The number of aryl methyl sites for hydroxylation is 1. The summed E-state index contributed by atoms with van der Waals surface area (Å²) < 4.78 is 8.02. The average Bonchev–Trinajstić information content (AvgIpc) is 2.99. The van der Waals surface area contributed by atoms with Crippen molar-refractivity contribution >= 4 is 11.5 Å². The van der Waals surface area contributed by atoms with Crippen LogP contribution in [0, 0.1) is 6.92 Å². The number of hydrogen-bond acceptors (Lipinski definition) is 4. The first-order valence-electron chi connectivity index (χ1n) is 5.91. The summed E-state index contributed by atoms with van der Waals surface area (Å²) in [7, 11) is 0. The second kappa shape index (κ2) is 4.37. The molecule has 0 aliphatic rings. The molecule has 20 heavy (non-hydrogen) atoms. The van der Waals surface area contributed by atoms with E-state index in [-0.39, 0.29) is 23.4 Å². The van der Waals surface area contributed by atoms with Gasteiger partial charge in [0, 0.05) is 12.4 Å². The number of carbonyl (C=O) groups is 1. The molecular weight excluding hydrogens is 262 g/mol. The number of aromatic nitrogens is 3. The van der Waals surface area contributed by atoms with Crippen LogP contribution < -0.4 is 5.56 Å². The first-order valence-corrected chi connectivity index (χ1v) is 5.91.